The first-order valence-corrected chi connectivity index (χ1v) is 9.07. The summed E-state index contributed by atoms with van der Waals surface area (Å²) in [6.45, 7) is 8.75. The van der Waals surface area contributed by atoms with Gasteiger partial charge in [-0.05, 0) is 30.5 Å². The molecule has 0 saturated carbocycles. The number of hydrogen-bond acceptors (Lipinski definition) is 4. The number of carbonyl (C=O) groups is 1. The summed E-state index contributed by atoms with van der Waals surface area (Å²) >= 11 is 0. The first-order valence-electron chi connectivity index (χ1n) is 9.07. The molecule has 2 aliphatic rings. The Kier molecular flexibility index (Phi) is 5.74. The summed E-state index contributed by atoms with van der Waals surface area (Å²) < 4.78 is 11.4. The van der Waals surface area contributed by atoms with Crippen molar-refractivity contribution in [2.45, 2.75) is 38.8 Å². The van der Waals surface area contributed by atoms with E-state index in [4.69, 9.17) is 9.47 Å². The zero-order valence-electron chi connectivity index (χ0n) is 14.7. The molecule has 0 aromatic heterocycles. The molecule has 1 unspecified atom stereocenters. The molecule has 0 aliphatic carbocycles. The van der Waals surface area contributed by atoms with E-state index in [2.05, 4.69) is 30.9 Å². The highest BCUT2D eigenvalue weighted by molar-refractivity contribution is 5.82. The topological polar surface area (TPSA) is 42.0 Å². The lowest BCUT2D eigenvalue weighted by molar-refractivity contribution is -0.147. The first-order chi connectivity index (χ1) is 11.7. The van der Waals surface area contributed by atoms with Gasteiger partial charge >= 0.3 is 0 Å². The van der Waals surface area contributed by atoms with Gasteiger partial charge in [-0.25, -0.2) is 0 Å². The molecule has 2 heterocycles. The van der Waals surface area contributed by atoms with E-state index in [1.165, 1.54) is 5.56 Å². The smallest absolute Gasteiger partial charge is 0.240 e. The van der Waals surface area contributed by atoms with Crippen LogP contribution < -0.4 is 4.74 Å². The third kappa shape index (κ3) is 3.90. The number of carbonyl (C=O) groups excluding carboxylic acids is 1. The third-order valence-electron chi connectivity index (χ3n) is 4.93. The minimum atomic E-state index is -0.0155. The van der Waals surface area contributed by atoms with Crippen LogP contribution in [0, 0.1) is 0 Å². The molecule has 24 heavy (non-hydrogen) atoms. The number of rotatable bonds is 6. The third-order valence-corrected chi connectivity index (χ3v) is 4.93. The van der Waals surface area contributed by atoms with Crippen molar-refractivity contribution in [2.24, 2.45) is 0 Å². The second-order valence-electron chi connectivity index (χ2n) is 6.56. The molecule has 5 heteroatoms. The Balaban J connectivity index is 1.50. The number of aryl methyl sites for hydroxylation is 1. The highest BCUT2D eigenvalue weighted by Crippen LogP contribution is 2.22. The van der Waals surface area contributed by atoms with Crippen LogP contribution >= 0.6 is 0 Å². The first kappa shape index (κ1) is 17.2. The number of nitrogens with zero attached hydrogens (tertiary/aromatic N) is 2. The van der Waals surface area contributed by atoms with Crippen LogP contribution in [0.2, 0.25) is 0 Å². The maximum absolute atomic E-state index is 12.7. The summed E-state index contributed by atoms with van der Waals surface area (Å²) in [6, 6.07) is 8.20. The summed E-state index contributed by atoms with van der Waals surface area (Å²) in [6.07, 6.45) is 1.96. The summed E-state index contributed by atoms with van der Waals surface area (Å²) in [7, 11) is 0. The van der Waals surface area contributed by atoms with Crippen LogP contribution in [-0.2, 0) is 16.0 Å². The molecule has 2 fully saturated rings. The molecule has 0 radical (unpaired) electrons. The average Bonchev–Trinajstić information content (AvgIpc) is 2.59. The van der Waals surface area contributed by atoms with Crippen molar-refractivity contribution in [3.63, 3.8) is 0 Å². The molecular formula is C19H28N2O3. The van der Waals surface area contributed by atoms with Gasteiger partial charge in [0.1, 0.15) is 11.9 Å². The van der Waals surface area contributed by atoms with Crippen molar-refractivity contribution in [1.29, 1.82) is 0 Å². The van der Waals surface area contributed by atoms with E-state index in [1.807, 2.05) is 17.0 Å². The molecule has 1 amide bonds. The number of likely N-dealkylation sites (tertiary alicyclic amines) is 1. The molecular weight excluding hydrogens is 304 g/mol. The van der Waals surface area contributed by atoms with Gasteiger partial charge in [0.05, 0.1) is 32.3 Å². The fraction of sp³-hybridized carbons (Fsp3) is 0.632. The lowest BCUT2D eigenvalue weighted by Gasteiger charge is -2.43. The Hall–Kier alpha value is -1.59. The van der Waals surface area contributed by atoms with Gasteiger partial charge in [-0.3, -0.25) is 9.69 Å². The molecule has 132 valence electrons. The van der Waals surface area contributed by atoms with Crippen LogP contribution in [0.15, 0.2) is 24.3 Å². The van der Waals surface area contributed by atoms with Crippen LogP contribution in [0.1, 0.15) is 25.8 Å². The fourth-order valence-electron chi connectivity index (χ4n) is 3.41. The van der Waals surface area contributed by atoms with E-state index in [1.54, 1.807) is 0 Å². The number of benzene rings is 1. The molecule has 2 aliphatic heterocycles. The lowest BCUT2D eigenvalue weighted by Crippen LogP contribution is -2.61. The van der Waals surface area contributed by atoms with Crippen LogP contribution in [0.3, 0.4) is 0 Å². The molecule has 1 aromatic carbocycles. The predicted octanol–water partition coefficient (Wildman–Crippen LogP) is 1.95. The Morgan fingerprint density at radius 1 is 1.29 bits per heavy atom. The minimum Gasteiger partial charge on any atom is -0.487 e. The van der Waals surface area contributed by atoms with E-state index in [0.717, 1.165) is 44.9 Å². The molecule has 2 saturated heterocycles. The van der Waals surface area contributed by atoms with Crippen molar-refractivity contribution in [1.82, 2.24) is 9.80 Å². The van der Waals surface area contributed by atoms with Crippen molar-refractivity contribution in [2.75, 3.05) is 39.4 Å². The van der Waals surface area contributed by atoms with Gasteiger partial charge in [-0.15, -0.1) is 0 Å². The second kappa shape index (κ2) is 7.99. The Morgan fingerprint density at radius 2 is 2.04 bits per heavy atom. The lowest BCUT2D eigenvalue weighted by atomic mass is 10.1. The molecule has 0 bridgehead atoms. The minimum absolute atomic E-state index is 0.0155. The van der Waals surface area contributed by atoms with Gasteiger partial charge in [-0.1, -0.05) is 26.0 Å². The summed E-state index contributed by atoms with van der Waals surface area (Å²) in [5.74, 6) is 1.15. The maximum atomic E-state index is 12.7. The van der Waals surface area contributed by atoms with Crippen molar-refractivity contribution in [3.8, 4) is 5.75 Å². The molecule has 3 rings (SSSR count). The van der Waals surface area contributed by atoms with E-state index < -0.39 is 0 Å². The molecule has 0 N–H and O–H groups in total. The van der Waals surface area contributed by atoms with Gasteiger partial charge in [0.25, 0.3) is 0 Å². The quantitative estimate of drug-likeness (QED) is 0.798. The second-order valence-corrected chi connectivity index (χ2v) is 6.56. The number of amides is 1. The van der Waals surface area contributed by atoms with Crippen LogP contribution in [0.25, 0.3) is 0 Å². The van der Waals surface area contributed by atoms with Gasteiger partial charge in [0.2, 0.25) is 5.91 Å². The Labute approximate surface area is 144 Å². The molecule has 0 spiro atoms. The van der Waals surface area contributed by atoms with Crippen LogP contribution in [0.5, 0.6) is 5.75 Å². The number of ether oxygens (including phenoxy) is 2. The standard InChI is InChI=1S/C19H28N2O3/c1-3-15-6-5-7-16(12-15)24-17-13-21(14-17)19(22)18(4-2)20-8-10-23-11-9-20/h5-7,12,17-18H,3-4,8-11,13-14H2,1-2H3. The fourth-order valence-corrected chi connectivity index (χ4v) is 3.41. The van der Waals surface area contributed by atoms with E-state index in [9.17, 15) is 4.79 Å². The summed E-state index contributed by atoms with van der Waals surface area (Å²) in [5.41, 5.74) is 1.28. The Bertz CT molecular complexity index is 551. The molecule has 1 atom stereocenters. The Morgan fingerprint density at radius 3 is 2.71 bits per heavy atom. The predicted molar refractivity (Wildman–Crippen MR) is 93.3 cm³/mol. The zero-order valence-corrected chi connectivity index (χ0v) is 14.7. The summed E-state index contributed by atoms with van der Waals surface area (Å²) in [4.78, 5) is 16.9. The van der Waals surface area contributed by atoms with Crippen molar-refractivity contribution in [3.05, 3.63) is 29.8 Å². The highest BCUT2D eigenvalue weighted by atomic mass is 16.5. The van der Waals surface area contributed by atoms with E-state index in [0.29, 0.717) is 13.1 Å². The number of hydrogen-bond donors (Lipinski definition) is 0. The SMILES string of the molecule is CCc1cccc(OC2CN(C(=O)C(CC)N3CCOCC3)C2)c1. The van der Waals surface area contributed by atoms with Gasteiger partial charge in [-0.2, -0.15) is 0 Å². The molecule has 5 nitrogen and oxygen atoms in total. The average molecular weight is 332 g/mol. The van der Waals surface area contributed by atoms with Crippen molar-refractivity contribution < 1.29 is 14.3 Å². The van der Waals surface area contributed by atoms with Crippen molar-refractivity contribution >= 4 is 5.91 Å². The number of morpholine rings is 1. The van der Waals surface area contributed by atoms with Crippen LogP contribution in [0.4, 0.5) is 0 Å². The normalized spacial score (nSPS) is 20.5. The zero-order chi connectivity index (χ0) is 16.9. The van der Waals surface area contributed by atoms with Gasteiger partial charge < -0.3 is 14.4 Å². The van der Waals surface area contributed by atoms with Gasteiger partial charge in [0.15, 0.2) is 0 Å². The maximum Gasteiger partial charge on any atom is 0.240 e. The van der Waals surface area contributed by atoms with Crippen LogP contribution in [-0.4, -0.2) is 67.2 Å². The van der Waals surface area contributed by atoms with Gasteiger partial charge in [0, 0.05) is 13.1 Å². The largest absolute Gasteiger partial charge is 0.487 e. The summed E-state index contributed by atoms with van der Waals surface area (Å²) in [5, 5.41) is 0. The van der Waals surface area contributed by atoms with E-state index >= 15 is 0 Å². The molecule has 1 aromatic rings. The highest BCUT2D eigenvalue weighted by Gasteiger charge is 2.37. The van der Waals surface area contributed by atoms with E-state index in [-0.39, 0.29) is 18.1 Å². The monoisotopic (exact) mass is 332 g/mol.